The van der Waals surface area contributed by atoms with E-state index in [1.165, 1.54) is 0 Å². The molecule has 0 bridgehead atoms. The van der Waals surface area contributed by atoms with Crippen molar-refractivity contribution in [2.75, 3.05) is 0 Å². The number of benzene rings is 3. The van der Waals surface area contributed by atoms with Crippen LogP contribution in [0.1, 0.15) is 13.8 Å². The lowest BCUT2D eigenvalue weighted by Crippen LogP contribution is -2.11. The predicted octanol–water partition coefficient (Wildman–Crippen LogP) is 5.61. The van der Waals surface area contributed by atoms with Gasteiger partial charge in [0.15, 0.2) is 0 Å². The first kappa shape index (κ1) is 18.7. The molecule has 0 fully saturated rings. The zero-order valence-electron chi connectivity index (χ0n) is 15.0. The van der Waals surface area contributed by atoms with Gasteiger partial charge in [0.1, 0.15) is 11.5 Å². The van der Waals surface area contributed by atoms with Gasteiger partial charge in [-0.15, -0.1) is 0 Å². The van der Waals surface area contributed by atoms with E-state index in [0.29, 0.717) is 38.1 Å². The Kier molecular flexibility index (Phi) is 5.02. The van der Waals surface area contributed by atoms with E-state index in [2.05, 4.69) is 13.2 Å². The topological polar surface area (TPSA) is 52.6 Å². The van der Waals surface area contributed by atoms with Crippen LogP contribution in [0, 0.1) is 0 Å². The molecule has 0 N–H and O–H groups in total. The fourth-order valence-electron chi connectivity index (χ4n) is 2.68. The van der Waals surface area contributed by atoms with Crippen LogP contribution in [-0.4, -0.2) is 11.9 Å². The lowest BCUT2D eigenvalue weighted by molar-refractivity contribution is -0.130. The Balaban J connectivity index is 2.41. The summed E-state index contributed by atoms with van der Waals surface area (Å²) < 4.78 is 11.2. The summed E-state index contributed by atoms with van der Waals surface area (Å²) in [5, 5.41) is 2.62. The molecule has 3 aromatic rings. The average Bonchev–Trinajstić information content (AvgIpc) is 2.63. The van der Waals surface area contributed by atoms with Crippen LogP contribution in [0.15, 0.2) is 66.8 Å². The van der Waals surface area contributed by atoms with E-state index >= 15 is 0 Å². The average molecular weight is 381 g/mol. The molecule has 3 aromatic carbocycles. The smallest absolute Gasteiger partial charge is 0.338 e. The SMILES string of the molecule is C=C(C)C(=O)Oc1c2ccccc2c(OC(=O)C(=C)C)c2c(Cl)cccc12. The minimum atomic E-state index is -0.562. The van der Waals surface area contributed by atoms with E-state index in [0.717, 1.165) is 0 Å². The van der Waals surface area contributed by atoms with Gasteiger partial charge in [0.05, 0.1) is 5.02 Å². The largest absolute Gasteiger partial charge is 0.422 e. The van der Waals surface area contributed by atoms with E-state index in [4.69, 9.17) is 21.1 Å². The maximum absolute atomic E-state index is 12.2. The molecule has 0 radical (unpaired) electrons. The van der Waals surface area contributed by atoms with E-state index in [1.54, 1.807) is 56.3 Å². The van der Waals surface area contributed by atoms with Gasteiger partial charge in [-0.05, 0) is 19.9 Å². The summed E-state index contributed by atoms with van der Waals surface area (Å²) in [5.41, 5.74) is 0.532. The van der Waals surface area contributed by atoms with Crippen molar-refractivity contribution >= 4 is 45.1 Å². The number of ether oxygens (including phenoxy) is 2. The third-order valence-electron chi connectivity index (χ3n) is 3.99. The predicted molar refractivity (Wildman–Crippen MR) is 107 cm³/mol. The van der Waals surface area contributed by atoms with E-state index in [9.17, 15) is 9.59 Å². The van der Waals surface area contributed by atoms with Crippen molar-refractivity contribution in [1.82, 2.24) is 0 Å². The molecule has 0 aliphatic carbocycles. The van der Waals surface area contributed by atoms with Gasteiger partial charge < -0.3 is 9.47 Å². The fourth-order valence-corrected chi connectivity index (χ4v) is 2.94. The summed E-state index contributed by atoms with van der Waals surface area (Å²) in [6.07, 6.45) is 0. The van der Waals surface area contributed by atoms with Crippen LogP contribution in [0.2, 0.25) is 5.02 Å². The molecule has 3 rings (SSSR count). The van der Waals surface area contributed by atoms with Crippen molar-refractivity contribution in [2.45, 2.75) is 13.8 Å². The van der Waals surface area contributed by atoms with Gasteiger partial charge in [0.2, 0.25) is 0 Å². The van der Waals surface area contributed by atoms with E-state index < -0.39 is 11.9 Å². The van der Waals surface area contributed by atoms with Crippen molar-refractivity contribution in [3.8, 4) is 11.5 Å². The molecule has 4 nitrogen and oxygen atoms in total. The van der Waals surface area contributed by atoms with Gasteiger partial charge >= 0.3 is 11.9 Å². The highest BCUT2D eigenvalue weighted by atomic mass is 35.5. The minimum Gasteiger partial charge on any atom is -0.422 e. The van der Waals surface area contributed by atoms with Crippen LogP contribution in [0.25, 0.3) is 21.5 Å². The molecule has 0 aliphatic rings. The number of esters is 2. The molecule has 0 atom stereocenters. The van der Waals surface area contributed by atoms with Crippen molar-refractivity contribution in [3.05, 3.63) is 71.8 Å². The second-order valence-electron chi connectivity index (χ2n) is 6.21. The lowest BCUT2D eigenvalue weighted by atomic mass is 10.0. The Bertz CT molecular complexity index is 1130. The summed E-state index contributed by atoms with van der Waals surface area (Å²) >= 11 is 6.42. The molecule has 0 saturated heterocycles. The van der Waals surface area contributed by atoms with Crippen LogP contribution in [0.5, 0.6) is 11.5 Å². The Labute approximate surface area is 161 Å². The van der Waals surface area contributed by atoms with Gasteiger partial charge in [-0.3, -0.25) is 0 Å². The Morgan fingerprint density at radius 1 is 0.778 bits per heavy atom. The van der Waals surface area contributed by atoms with Crippen molar-refractivity contribution in [1.29, 1.82) is 0 Å². The minimum absolute atomic E-state index is 0.261. The molecule has 0 unspecified atom stereocenters. The first-order chi connectivity index (χ1) is 12.8. The van der Waals surface area contributed by atoms with E-state index in [-0.39, 0.29) is 11.1 Å². The monoisotopic (exact) mass is 380 g/mol. The molecular formula is C22H17ClO4. The Morgan fingerprint density at radius 3 is 1.81 bits per heavy atom. The highest BCUT2D eigenvalue weighted by molar-refractivity contribution is 6.37. The zero-order valence-corrected chi connectivity index (χ0v) is 15.7. The molecule has 5 heteroatoms. The second-order valence-corrected chi connectivity index (χ2v) is 6.61. The number of hydrogen-bond donors (Lipinski definition) is 0. The van der Waals surface area contributed by atoms with Crippen molar-refractivity contribution < 1.29 is 19.1 Å². The lowest BCUT2D eigenvalue weighted by Gasteiger charge is -2.17. The molecule has 0 aromatic heterocycles. The molecule has 0 aliphatic heterocycles. The summed E-state index contributed by atoms with van der Waals surface area (Å²) in [6.45, 7) is 10.4. The van der Waals surface area contributed by atoms with Gasteiger partial charge in [-0.25, -0.2) is 9.59 Å². The first-order valence-electron chi connectivity index (χ1n) is 8.19. The quantitative estimate of drug-likeness (QED) is 0.255. The molecular weight excluding hydrogens is 364 g/mol. The molecule has 136 valence electrons. The number of fused-ring (bicyclic) bond motifs is 2. The third-order valence-corrected chi connectivity index (χ3v) is 4.30. The summed E-state index contributed by atoms with van der Waals surface area (Å²) in [7, 11) is 0. The van der Waals surface area contributed by atoms with Crippen LogP contribution in [-0.2, 0) is 9.59 Å². The standard InChI is InChI=1S/C22H17ClO4/c1-12(2)21(24)26-19-14-8-5-6-9-15(14)20(27-22(25)13(3)4)18-16(19)10-7-11-17(18)23/h5-11H,1,3H2,2,4H3. The first-order valence-corrected chi connectivity index (χ1v) is 8.57. The number of halogens is 1. The fraction of sp³-hybridized carbons (Fsp3) is 0.0909. The normalized spacial score (nSPS) is 10.6. The van der Waals surface area contributed by atoms with Gasteiger partial charge in [-0.2, -0.15) is 0 Å². The zero-order chi connectivity index (χ0) is 19.7. The highest BCUT2D eigenvalue weighted by Gasteiger charge is 2.22. The number of carbonyl (C=O) groups is 2. The summed E-state index contributed by atoms with van der Waals surface area (Å²) in [5.74, 6) is -0.471. The molecule has 0 spiro atoms. The molecule has 0 saturated carbocycles. The van der Waals surface area contributed by atoms with Gasteiger partial charge in [0.25, 0.3) is 0 Å². The van der Waals surface area contributed by atoms with Gasteiger partial charge in [0, 0.05) is 32.7 Å². The summed E-state index contributed by atoms with van der Waals surface area (Å²) in [4.78, 5) is 24.4. The van der Waals surface area contributed by atoms with Crippen molar-refractivity contribution in [2.24, 2.45) is 0 Å². The molecule has 27 heavy (non-hydrogen) atoms. The highest BCUT2D eigenvalue weighted by Crippen LogP contribution is 2.45. The molecule has 0 amide bonds. The number of carbonyl (C=O) groups excluding carboxylic acids is 2. The van der Waals surface area contributed by atoms with Crippen LogP contribution in [0.4, 0.5) is 0 Å². The van der Waals surface area contributed by atoms with E-state index in [1.807, 2.05) is 0 Å². The van der Waals surface area contributed by atoms with Crippen LogP contribution in [0.3, 0.4) is 0 Å². The number of hydrogen-bond acceptors (Lipinski definition) is 4. The maximum Gasteiger partial charge on any atom is 0.338 e. The van der Waals surface area contributed by atoms with Crippen molar-refractivity contribution in [3.63, 3.8) is 0 Å². The van der Waals surface area contributed by atoms with Gasteiger partial charge in [-0.1, -0.05) is 61.2 Å². The molecule has 0 heterocycles. The Hall–Kier alpha value is -3.11. The number of rotatable bonds is 4. The second kappa shape index (κ2) is 7.25. The Morgan fingerprint density at radius 2 is 1.26 bits per heavy atom. The maximum atomic E-state index is 12.2. The third kappa shape index (κ3) is 3.44. The summed E-state index contributed by atoms with van der Waals surface area (Å²) in [6, 6.07) is 12.3. The van der Waals surface area contributed by atoms with Crippen LogP contribution < -0.4 is 9.47 Å². The van der Waals surface area contributed by atoms with Crippen LogP contribution >= 0.6 is 11.6 Å².